The number of ether oxygens (including phenoxy) is 1. The molecule has 1 saturated heterocycles. The fourth-order valence-electron chi connectivity index (χ4n) is 3.41. The topological polar surface area (TPSA) is 58.8 Å². The van der Waals surface area contributed by atoms with Gasteiger partial charge in [0.1, 0.15) is 5.75 Å². The van der Waals surface area contributed by atoms with Gasteiger partial charge in [-0.15, -0.1) is 0 Å². The first-order valence-corrected chi connectivity index (χ1v) is 9.87. The lowest BCUT2D eigenvalue weighted by atomic mass is 10.1. The average molecular weight is 412 g/mol. The molecule has 0 N–H and O–H groups in total. The lowest BCUT2D eigenvalue weighted by Crippen LogP contribution is -2.48. The molecule has 0 bridgehead atoms. The molecule has 4 rings (SSSR count). The summed E-state index contributed by atoms with van der Waals surface area (Å²) in [5.74, 6) is 1.29. The summed E-state index contributed by atoms with van der Waals surface area (Å²) in [6, 6.07) is 17.0. The molecule has 0 spiro atoms. The predicted octanol–water partition coefficient (Wildman–Crippen LogP) is 3.96. The Morgan fingerprint density at radius 1 is 1.10 bits per heavy atom. The number of amides is 1. The van der Waals surface area contributed by atoms with Gasteiger partial charge in [-0.2, -0.15) is 0 Å². The Kier molecular flexibility index (Phi) is 5.83. The van der Waals surface area contributed by atoms with Crippen molar-refractivity contribution in [2.75, 3.05) is 33.3 Å². The van der Waals surface area contributed by atoms with Gasteiger partial charge in [-0.05, 0) is 29.8 Å². The minimum atomic E-state index is -0.105. The van der Waals surface area contributed by atoms with Gasteiger partial charge in [0, 0.05) is 49.4 Å². The maximum Gasteiger partial charge on any atom is 0.276 e. The number of carbonyl (C=O) groups is 1. The van der Waals surface area contributed by atoms with Crippen LogP contribution in [0.25, 0.3) is 11.3 Å². The number of benzene rings is 2. The van der Waals surface area contributed by atoms with Crippen LogP contribution in [0.15, 0.2) is 59.1 Å². The molecule has 1 aliphatic rings. The quantitative estimate of drug-likeness (QED) is 0.636. The van der Waals surface area contributed by atoms with E-state index < -0.39 is 0 Å². The van der Waals surface area contributed by atoms with Crippen molar-refractivity contribution in [2.45, 2.75) is 6.54 Å². The largest absolute Gasteiger partial charge is 0.497 e. The molecular formula is C22H22ClN3O3. The first-order chi connectivity index (χ1) is 14.1. The predicted molar refractivity (Wildman–Crippen MR) is 111 cm³/mol. The summed E-state index contributed by atoms with van der Waals surface area (Å²) in [6.45, 7) is 3.81. The van der Waals surface area contributed by atoms with Crippen LogP contribution >= 0.6 is 11.6 Å². The molecule has 1 amide bonds. The van der Waals surface area contributed by atoms with Gasteiger partial charge in [-0.1, -0.05) is 41.0 Å². The third-order valence-electron chi connectivity index (χ3n) is 5.06. The number of hydrogen-bond donors (Lipinski definition) is 0. The van der Waals surface area contributed by atoms with E-state index in [0.29, 0.717) is 29.6 Å². The lowest BCUT2D eigenvalue weighted by molar-refractivity contribution is 0.0618. The van der Waals surface area contributed by atoms with Crippen molar-refractivity contribution >= 4 is 17.5 Å². The van der Waals surface area contributed by atoms with Gasteiger partial charge < -0.3 is 14.2 Å². The van der Waals surface area contributed by atoms with Gasteiger partial charge in [-0.25, -0.2) is 0 Å². The number of carbonyl (C=O) groups excluding carboxylic acids is 1. The highest BCUT2D eigenvalue weighted by molar-refractivity contribution is 6.30. The number of hydrogen-bond acceptors (Lipinski definition) is 5. The third kappa shape index (κ3) is 4.60. The highest BCUT2D eigenvalue weighted by atomic mass is 35.5. The van der Waals surface area contributed by atoms with Crippen LogP contribution in [-0.2, 0) is 6.54 Å². The summed E-state index contributed by atoms with van der Waals surface area (Å²) in [5, 5.41) is 4.58. The summed E-state index contributed by atoms with van der Waals surface area (Å²) in [5.41, 5.74) is 2.35. The Morgan fingerprint density at radius 3 is 2.55 bits per heavy atom. The summed E-state index contributed by atoms with van der Waals surface area (Å²) in [4.78, 5) is 17.0. The molecule has 3 aromatic rings. The molecular weight excluding hydrogens is 390 g/mol. The fourth-order valence-corrected chi connectivity index (χ4v) is 3.60. The second-order valence-corrected chi connectivity index (χ2v) is 7.44. The van der Waals surface area contributed by atoms with Crippen LogP contribution < -0.4 is 4.74 Å². The smallest absolute Gasteiger partial charge is 0.276 e. The number of aromatic nitrogens is 1. The average Bonchev–Trinajstić information content (AvgIpc) is 3.25. The molecule has 0 unspecified atom stereocenters. The van der Waals surface area contributed by atoms with E-state index in [0.717, 1.165) is 30.9 Å². The molecule has 6 nitrogen and oxygen atoms in total. The lowest BCUT2D eigenvalue weighted by Gasteiger charge is -2.34. The molecule has 29 heavy (non-hydrogen) atoms. The Labute approximate surface area is 174 Å². The molecule has 2 heterocycles. The van der Waals surface area contributed by atoms with Crippen LogP contribution in [0, 0.1) is 0 Å². The van der Waals surface area contributed by atoms with E-state index in [1.807, 2.05) is 29.2 Å². The Morgan fingerprint density at radius 2 is 1.86 bits per heavy atom. The fraction of sp³-hybridized carbons (Fsp3) is 0.273. The number of nitrogens with zero attached hydrogens (tertiary/aromatic N) is 3. The van der Waals surface area contributed by atoms with Gasteiger partial charge in [0.2, 0.25) is 0 Å². The first kappa shape index (κ1) is 19.5. The zero-order valence-electron chi connectivity index (χ0n) is 16.2. The molecule has 1 aromatic heterocycles. The molecule has 1 aliphatic heterocycles. The Hall–Kier alpha value is -2.83. The van der Waals surface area contributed by atoms with Crippen molar-refractivity contribution in [3.63, 3.8) is 0 Å². The maximum absolute atomic E-state index is 12.8. The third-order valence-corrected chi connectivity index (χ3v) is 5.30. The van der Waals surface area contributed by atoms with Crippen molar-refractivity contribution in [3.05, 3.63) is 70.9 Å². The Balaban J connectivity index is 1.34. The second-order valence-electron chi connectivity index (χ2n) is 7.00. The molecule has 2 aromatic carbocycles. The molecule has 7 heteroatoms. The van der Waals surface area contributed by atoms with E-state index in [1.54, 1.807) is 25.3 Å². The van der Waals surface area contributed by atoms with Crippen LogP contribution in [0.2, 0.25) is 5.02 Å². The van der Waals surface area contributed by atoms with Gasteiger partial charge in [-0.3, -0.25) is 9.69 Å². The van der Waals surface area contributed by atoms with Crippen LogP contribution in [0.5, 0.6) is 5.75 Å². The molecule has 0 radical (unpaired) electrons. The van der Waals surface area contributed by atoms with Crippen molar-refractivity contribution in [2.24, 2.45) is 0 Å². The number of methoxy groups -OCH3 is 1. The first-order valence-electron chi connectivity index (χ1n) is 9.49. The molecule has 1 fully saturated rings. The van der Waals surface area contributed by atoms with E-state index in [-0.39, 0.29) is 5.91 Å². The summed E-state index contributed by atoms with van der Waals surface area (Å²) in [6.07, 6.45) is 0. The van der Waals surface area contributed by atoms with Crippen LogP contribution in [0.3, 0.4) is 0 Å². The molecule has 150 valence electrons. The highest BCUT2D eigenvalue weighted by Crippen LogP contribution is 2.24. The molecule has 0 aliphatic carbocycles. The SMILES string of the molecule is COc1ccc(CN2CCN(C(=O)c3cc(-c4cccc(Cl)c4)on3)CC2)cc1. The van der Waals surface area contributed by atoms with Crippen molar-refractivity contribution in [1.29, 1.82) is 0 Å². The van der Waals surface area contributed by atoms with E-state index >= 15 is 0 Å². The highest BCUT2D eigenvalue weighted by Gasteiger charge is 2.25. The van der Waals surface area contributed by atoms with Gasteiger partial charge in [0.25, 0.3) is 5.91 Å². The second kappa shape index (κ2) is 8.68. The number of halogens is 1. The standard InChI is InChI=1S/C22H22ClN3O3/c1-28-19-7-5-16(6-8-19)15-25-9-11-26(12-10-25)22(27)20-14-21(29-24-20)17-3-2-4-18(23)13-17/h2-8,13-14H,9-12,15H2,1H3. The monoisotopic (exact) mass is 411 g/mol. The zero-order chi connectivity index (χ0) is 20.2. The van der Waals surface area contributed by atoms with Gasteiger partial charge in [0.15, 0.2) is 11.5 Å². The zero-order valence-corrected chi connectivity index (χ0v) is 16.9. The van der Waals surface area contributed by atoms with E-state index in [2.05, 4.69) is 22.2 Å². The summed E-state index contributed by atoms with van der Waals surface area (Å²) in [7, 11) is 1.66. The Bertz CT molecular complexity index is 979. The van der Waals surface area contributed by atoms with E-state index in [4.69, 9.17) is 20.9 Å². The van der Waals surface area contributed by atoms with E-state index in [9.17, 15) is 4.79 Å². The minimum Gasteiger partial charge on any atom is -0.497 e. The van der Waals surface area contributed by atoms with E-state index in [1.165, 1.54) is 5.56 Å². The number of rotatable bonds is 5. The van der Waals surface area contributed by atoms with Gasteiger partial charge in [0.05, 0.1) is 7.11 Å². The summed E-state index contributed by atoms with van der Waals surface area (Å²) >= 11 is 6.02. The molecule has 0 atom stereocenters. The van der Waals surface area contributed by atoms with Gasteiger partial charge >= 0.3 is 0 Å². The van der Waals surface area contributed by atoms with Crippen LogP contribution in [-0.4, -0.2) is 54.2 Å². The van der Waals surface area contributed by atoms with Crippen molar-refractivity contribution < 1.29 is 14.1 Å². The van der Waals surface area contributed by atoms with Crippen LogP contribution in [0.4, 0.5) is 0 Å². The van der Waals surface area contributed by atoms with Crippen molar-refractivity contribution in [1.82, 2.24) is 15.0 Å². The van der Waals surface area contributed by atoms with Crippen LogP contribution in [0.1, 0.15) is 16.1 Å². The number of piperazine rings is 1. The summed E-state index contributed by atoms with van der Waals surface area (Å²) < 4.78 is 10.6. The molecule has 0 saturated carbocycles. The normalized spacial score (nSPS) is 14.8. The maximum atomic E-state index is 12.8. The minimum absolute atomic E-state index is 0.105. The van der Waals surface area contributed by atoms with Crippen molar-refractivity contribution in [3.8, 4) is 17.1 Å².